The third-order valence-corrected chi connectivity index (χ3v) is 5.97. The van der Waals surface area contributed by atoms with Gasteiger partial charge in [-0.1, -0.05) is 23.2 Å². The van der Waals surface area contributed by atoms with Crippen LogP contribution in [-0.4, -0.2) is 27.9 Å². The number of halogens is 3. The minimum Gasteiger partial charge on any atom is -0.482 e. The molecule has 9 heteroatoms. The molecular weight excluding hydrogens is 428 g/mol. The third kappa shape index (κ3) is 4.24. The lowest BCUT2D eigenvalue weighted by Gasteiger charge is -2.22. The number of ether oxygens (including phenoxy) is 1. The van der Waals surface area contributed by atoms with E-state index in [1.54, 1.807) is 25.4 Å². The van der Waals surface area contributed by atoms with E-state index in [2.05, 4.69) is 15.4 Å². The molecule has 1 fully saturated rings. The number of rotatable bonds is 5. The van der Waals surface area contributed by atoms with E-state index < -0.39 is 11.9 Å². The molecule has 2 atom stereocenters. The number of benzene rings is 1. The van der Waals surface area contributed by atoms with E-state index in [9.17, 15) is 4.39 Å². The lowest BCUT2D eigenvalue weighted by Crippen LogP contribution is -2.31. The zero-order valence-corrected chi connectivity index (χ0v) is 17.9. The summed E-state index contributed by atoms with van der Waals surface area (Å²) in [6.45, 7) is 3.68. The van der Waals surface area contributed by atoms with Crippen LogP contribution in [-0.2, 0) is 0 Å². The van der Waals surface area contributed by atoms with E-state index >= 15 is 0 Å². The molecule has 158 valence electrons. The number of aromatic nitrogens is 3. The van der Waals surface area contributed by atoms with Crippen molar-refractivity contribution in [1.82, 2.24) is 20.1 Å². The van der Waals surface area contributed by atoms with Gasteiger partial charge in [-0.05, 0) is 44.5 Å². The molecule has 3 aromatic rings. The van der Waals surface area contributed by atoms with Crippen molar-refractivity contribution >= 4 is 29.0 Å². The van der Waals surface area contributed by atoms with Crippen LogP contribution in [0.25, 0.3) is 11.1 Å². The molecule has 1 saturated heterocycles. The van der Waals surface area contributed by atoms with Crippen molar-refractivity contribution in [2.45, 2.75) is 31.9 Å². The Labute approximate surface area is 184 Å². The number of piperidine rings is 1. The van der Waals surface area contributed by atoms with Crippen LogP contribution in [0.3, 0.4) is 0 Å². The molecule has 0 bridgehead atoms. The summed E-state index contributed by atoms with van der Waals surface area (Å²) in [5.41, 5.74) is 8.11. The summed E-state index contributed by atoms with van der Waals surface area (Å²) < 4.78 is 21.8. The van der Waals surface area contributed by atoms with E-state index in [0.717, 1.165) is 37.1 Å². The number of nitrogens with one attached hydrogen (secondary N) is 1. The average Bonchev–Trinajstić information content (AvgIpc) is 3.24. The summed E-state index contributed by atoms with van der Waals surface area (Å²) in [5, 5.41) is 8.15. The fourth-order valence-electron chi connectivity index (χ4n) is 3.62. The number of nitrogen functional groups attached to an aromatic ring is 1. The Hall–Kier alpha value is -2.35. The third-order valence-electron chi connectivity index (χ3n) is 5.25. The molecule has 0 radical (unpaired) electrons. The van der Waals surface area contributed by atoms with Crippen LogP contribution < -0.4 is 15.8 Å². The molecule has 0 saturated carbocycles. The molecule has 0 spiro atoms. The van der Waals surface area contributed by atoms with Crippen molar-refractivity contribution in [3.63, 3.8) is 0 Å². The monoisotopic (exact) mass is 449 g/mol. The van der Waals surface area contributed by atoms with Gasteiger partial charge in [0.1, 0.15) is 11.9 Å². The van der Waals surface area contributed by atoms with Gasteiger partial charge in [-0.3, -0.25) is 4.68 Å². The van der Waals surface area contributed by atoms with Crippen molar-refractivity contribution in [3.05, 3.63) is 58.2 Å². The summed E-state index contributed by atoms with van der Waals surface area (Å²) >= 11 is 12.3. The molecule has 0 amide bonds. The molecule has 1 aliphatic rings. The fourth-order valence-corrected chi connectivity index (χ4v) is 4.30. The van der Waals surface area contributed by atoms with Gasteiger partial charge in [0.05, 0.1) is 17.3 Å². The number of anilines is 1. The standard InChI is InChI=1S/C21H22Cl2FN5O/c1-12(19-16(22)4-5-17(24)20(19)23)30-18-7-13(8-27-21(18)25)14-9-28-29(11-14)15-3-2-6-26-10-15/h4-5,7-9,11-12,15,26H,2-3,6,10H2,1H3,(H2,25,27)/t12-,15-/m0/s1. The molecule has 6 nitrogen and oxygen atoms in total. The molecule has 30 heavy (non-hydrogen) atoms. The van der Waals surface area contributed by atoms with Crippen LogP contribution in [0.1, 0.15) is 37.5 Å². The molecule has 1 aliphatic heterocycles. The van der Waals surface area contributed by atoms with Gasteiger partial charge >= 0.3 is 0 Å². The SMILES string of the molecule is C[C@H](Oc1cc(-c2cnn([C@H]3CCCNC3)c2)cnc1N)c1c(Cl)ccc(F)c1Cl. The highest BCUT2D eigenvalue weighted by atomic mass is 35.5. The zero-order valence-electron chi connectivity index (χ0n) is 16.4. The van der Waals surface area contributed by atoms with Gasteiger partial charge < -0.3 is 15.8 Å². The first-order valence-electron chi connectivity index (χ1n) is 9.75. The summed E-state index contributed by atoms with van der Waals surface area (Å²) in [7, 11) is 0. The maximum Gasteiger partial charge on any atom is 0.166 e. The fraction of sp³-hybridized carbons (Fsp3) is 0.333. The Morgan fingerprint density at radius 2 is 2.13 bits per heavy atom. The van der Waals surface area contributed by atoms with Crippen molar-refractivity contribution < 1.29 is 9.13 Å². The van der Waals surface area contributed by atoms with Crippen molar-refractivity contribution in [2.24, 2.45) is 0 Å². The molecule has 0 aliphatic carbocycles. The maximum absolute atomic E-state index is 13.9. The van der Waals surface area contributed by atoms with Gasteiger partial charge in [0.25, 0.3) is 0 Å². The lowest BCUT2D eigenvalue weighted by molar-refractivity contribution is 0.227. The minimum absolute atomic E-state index is 0.0694. The first-order chi connectivity index (χ1) is 14.4. The molecule has 3 heterocycles. The summed E-state index contributed by atoms with van der Waals surface area (Å²) in [6.07, 6.45) is 7.07. The zero-order chi connectivity index (χ0) is 21.3. The summed E-state index contributed by atoms with van der Waals surface area (Å²) in [5.74, 6) is 0.0255. The van der Waals surface area contributed by atoms with Crippen LogP contribution in [0.5, 0.6) is 5.75 Å². The molecule has 0 unspecified atom stereocenters. The highest BCUT2D eigenvalue weighted by molar-refractivity contribution is 6.36. The number of nitrogens with two attached hydrogens (primary N) is 1. The number of hydrogen-bond acceptors (Lipinski definition) is 5. The Morgan fingerprint density at radius 3 is 2.90 bits per heavy atom. The van der Waals surface area contributed by atoms with Gasteiger partial charge in [-0.2, -0.15) is 5.10 Å². The van der Waals surface area contributed by atoms with Crippen LogP contribution >= 0.6 is 23.2 Å². The van der Waals surface area contributed by atoms with Crippen molar-refractivity contribution in [3.8, 4) is 16.9 Å². The second-order valence-electron chi connectivity index (χ2n) is 7.33. The van der Waals surface area contributed by atoms with Crippen LogP contribution in [0, 0.1) is 5.82 Å². The lowest BCUT2D eigenvalue weighted by atomic mass is 10.1. The smallest absolute Gasteiger partial charge is 0.166 e. The predicted molar refractivity (Wildman–Crippen MR) is 116 cm³/mol. The molecule has 3 N–H and O–H groups in total. The second kappa shape index (κ2) is 8.79. The molecule has 4 rings (SSSR count). The average molecular weight is 450 g/mol. The van der Waals surface area contributed by atoms with E-state index in [0.29, 0.717) is 22.4 Å². The number of nitrogens with zero attached hydrogens (tertiary/aromatic N) is 3. The second-order valence-corrected chi connectivity index (χ2v) is 8.12. The van der Waals surface area contributed by atoms with Crippen LogP contribution in [0.4, 0.5) is 10.2 Å². The summed E-state index contributed by atoms with van der Waals surface area (Å²) in [6, 6.07) is 4.80. The van der Waals surface area contributed by atoms with Crippen molar-refractivity contribution in [1.29, 1.82) is 0 Å². The van der Waals surface area contributed by atoms with E-state index in [4.69, 9.17) is 33.7 Å². The molecule has 2 aromatic heterocycles. The van der Waals surface area contributed by atoms with E-state index in [1.165, 1.54) is 12.1 Å². The normalized spacial score (nSPS) is 17.7. The maximum atomic E-state index is 13.9. The Morgan fingerprint density at radius 1 is 1.30 bits per heavy atom. The van der Waals surface area contributed by atoms with E-state index in [-0.39, 0.29) is 10.8 Å². The van der Waals surface area contributed by atoms with Gasteiger partial charge in [0.2, 0.25) is 0 Å². The first kappa shape index (κ1) is 20.9. The Kier molecular flexibility index (Phi) is 6.13. The highest BCUT2D eigenvalue weighted by Gasteiger charge is 2.21. The van der Waals surface area contributed by atoms with E-state index in [1.807, 2.05) is 10.9 Å². The summed E-state index contributed by atoms with van der Waals surface area (Å²) in [4.78, 5) is 4.25. The molecular formula is C21H22Cl2FN5O. The predicted octanol–water partition coefficient (Wildman–Crippen LogP) is 5.04. The minimum atomic E-state index is -0.629. The van der Waals surface area contributed by atoms with Gasteiger partial charge in [-0.25, -0.2) is 9.37 Å². The highest BCUT2D eigenvalue weighted by Crippen LogP contribution is 2.37. The Balaban J connectivity index is 1.58. The van der Waals surface area contributed by atoms with Gasteiger partial charge in [-0.15, -0.1) is 0 Å². The molecule has 1 aromatic carbocycles. The number of hydrogen-bond donors (Lipinski definition) is 2. The van der Waals surface area contributed by atoms with Crippen LogP contribution in [0.2, 0.25) is 10.0 Å². The van der Waals surface area contributed by atoms with Gasteiger partial charge in [0.15, 0.2) is 11.6 Å². The Bertz CT molecular complexity index is 1050. The first-order valence-corrected chi connectivity index (χ1v) is 10.5. The van der Waals surface area contributed by atoms with Gasteiger partial charge in [0, 0.05) is 40.7 Å². The number of pyridine rings is 1. The van der Waals surface area contributed by atoms with Crippen LogP contribution in [0.15, 0.2) is 36.8 Å². The topological polar surface area (TPSA) is 78.0 Å². The quantitative estimate of drug-likeness (QED) is 0.533. The largest absolute Gasteiger partial charge is 0.482 e. The van der Waals surface area contributed by atoms with Crippen molar-refractivity contribution in [2.75, 3.05) is 18.8 Å².